The number of hydrogen-bond acceptors (Lipinski definition) is 2. The third-order valence-corrected chi connectivity index (χ3v) is 4.04. The lowest BCUT2D eigenvalue weighted by molar-refractivity contribution is 0.477. The molecule has 2 nitrogen and oxygen atoms in total. The number of hydrogen-bond donors (Lipinski definition) is 1. The van der Waals surface area contributed by atoms with Crippen molar-refractivity contribution in [1.82, 2.24) is 0 Å². The summed E-state index contributed by atoms with van der Waals surface area (Å²) in [5, 5.41) is 0. The molecule has 2 rings (SSSR count). The SMILES string of the molecule is CCC(N)Cc1ccc(C)c(Oc2ccc(I)cc2)c1. The average molecular weight is 381 g/mol. The van der Waals surface area contributed by atoms with Crippen molar-refractivity contribution in [2.45, 2.75) is 32.7 Å². The minimum Gasteiger partial charge on any atom is -0.457 e. The Labute approximate surface area is 134 Å². The molecule has 0 saturated heterocycles. The molecule has 2 aromatic carbocycles. The van der Waals surface area contributed by atoms with Gasteiger partial charge >= 0.3 is 0 Å². The predicted molar refractivity (Wildman–Crippen MR) is 92.4 cm³/mol. The van der Waals surface area contributed by atoms with Crippen LogP contribution in [0.1, 0.15) is 24.5 Å². The van der Waals surface area contributed by atoms with E-state index in [1.54, 1.807) is 0 Å². The molecule has 2 N–H and O–H groups in total. The summed E-state index contributed by atoms with van der Waals surface area (Å²) in [4.78, 5) is 0. The topological polar surface area (TPSA) is 35.2 Å². The van der Waals surface area contributed by atoms with Gasteiger partial charge in [0.15, 0.2) is 0 Å². The van der Waals surface area contributed by atoms with Gasteiger partial charge in [0.05, 0.1) is 0 Å². The molecule has 0 aliphatic carbocycles. The van der Waals surface area contributed by atoms with Gasteiger partial charge in [0, 0.05) is 9.61 Å². The van der Waals surface area contributed by atoms with E-state index in [4.69, 9.17) is 10.5 Å². The van der Waals surface area contributed by atoms with E-state index in [0.29, 0.717) is 0 Å². The summed E-state index contributed by atoms with van der Waals surface area (Å²) < 4.78 is 7.18. The molecule has 0 aromatic heterocycles. The molecule has 106 valence electrons. The zero-order valence-electron chi connectivity index (χ0n) is 11.9. The van der Waals surface area contributed by atoms with Crippen molar-refractivity contribution in [3.63, 3.8) is 0 Å². The molecule has 0 bridgehead atoms. The van der Waals surface area contributed by atoms with Crippen molar-refractivity contribution in [2.24, 2.45) is 5.73 Å². The van der Waals surface area contributed by atoms with E-state index >= 15 is 0 Å². The van der Waals surface area contributed by atoms with Gasteiger partial charge in [-0.25, -0.2) is 0 Å². The van der Waals surface area contributed by atoms with Crippen molar-refractivity contribution in [1.29, 1.82) is 0 Å². The number of halogens is 1. The highest BCUT2D eigenvalue weighted by Crippen LogP contribution is 2.27. The predicted octanol–water partition coefficient (Wildman–Crippen LogP) is 4.67. The van der Waals surface area contributed by atoms with Crippen LogP contribution < -0.4 is 10.5 Å². The second-order valence-corrected chi connectivity index (χ2v) is 6.27. The van der Waals surface area contributed by atoms with Crippen molar-refractivity contribution >= 4 is 22.6 Å². The van der Waals surface area contributed by atoms with Crippen LogP contribution in [0.2, 0.25) is 0 Å². The summed E-state index contributed by atoms with van der Waals surface area (Å²) in [5.41, 5.74) is 8.38. The smallest absolute Gasteiger partial charge is 0.130 e. The summed E-state index contributed by atoms with van der Waals surface area (Å²) >= 11 is 2.29. The third kappa shape index (κ3) is 4.21. The molecular formula is C17H20INO. The van der Waals surface area contributed by atoms with Crippen molar-refractivity contribution in [3.8, 4) is 11.5 Å². The molecule has 20 heavy (non-hydrogen) atoms. The van der Waals surface area contributed by atoms with E-state index in [0.717, 1.165) is 29.9 Å². The first-order chi connectivity index (χ1) is 9.58. The number of benzene rings is 2. The number of nitrogens with two attached hydrogens (primary N) is 1. The quantitative estimate of drug-likeness (QED) is 0.764. The maximum absolute atomic E-state index is 6.02. The molecule has 3 heteroatoms. The molecule has 0 aliphatic heterocycles. The Morgan fingerprint density at radius 2 is 1.85 bits per heavy atom. The van der Waals surface area contributed by atoms with Crippen molar-refractivity contribution in [2.75, 3.05) is 0 Å². The van der Waals surface area contributed by atoms with E-state index in [1.807, 2.05) is 24.3 Å². The van der Waals surface area contributed by atoms with E-state index < -0.39 is 0 Å². The fourth-order valence-corrected chi connectivity index (χ4v) is 2.32. The fraction of sp³-hybridized carbons (Fsp3) is 0.294. The summed E-state index contributed by atoms with van der Waals surface area (Å²) in [5.74, 6) is 1.78. The van der Waals surface area contributed by atoms with Crippen LogP contribution >= 0.6 is 22.6 Å². The molecular weight excluding hydrogens is 361 g/mol. The van der Waals surface area contributed by atoms with Crippen LogP contribution in [-0.4, -0.2) is 6.04 Å². The van der Waals surface area contributed by atoms with Crippen LogP contribution in [-0.2, 0) is 6.42 Å². The minimum absolute atomic E-state index is 0.212. The summed E-state index contributed by atoms with van der Waals surface area (Å²) in [7, 11) is 0. The maximum atomic E-state index is 6.02. The Kier molecular flexibility index (Phi) is 5.43. The molecule has 0 fully saturated rings. The highest BCUT2D eigenvalue weighted by molar-refractivity contribution is 14.1. The third-order valence-electron chi connectivity index (χ3n) is 3.32. The van der Waals surface area contributed by atoms with Gasteiger partial charge in [-0.1, -0.05) is 19.1 Å². The van der Waals surface area contributed by atoms with E-state index in [-0.39, 0.29) is 6.04 Å². The molecule has 0 heterocycles. The lowest BCUT2D eigenvalue weighted by Gasteiger charge is -2.13. The first-order valence-corrected chi connectivity index (χ1v) is 7.95. The number of aryl methyl sites for hydroxylation is 1. The van der Waals surface area contributed by atoms with Gasteiger partial charge in [-0.2, -0.15) is 0 Å². The van der Waals surface area contributed by atoms with Crippen LogP contribution in [0.5, 0.6) is 11.5 Å². The summed E-state index contributed by atoms with van der Waals surface area (Å²) in [6.07, 6.45) is 1.88. The molecule has 0 radical (unpaired) electrons. The largest absolute Gasteiger partial charge is 0.457 e. The second-order valence-electron chi connectivity index (χ2n) is 5.03. The number of ether oxygens (including phenoxy) is 1. The Morgan fingerprint density at radius 1 is 1.15 bits per heavy atom. The zero-order chi connectivity index (χ0) is 14.5. The standard InChI is InChI=1S/C17H20INO/c1-3-15(19)10-13-5-4-12(2)17(11-13)20-16-8-6-14(18)7-9-16/h4-9,11,15H,3,10,19H2,1-2H3. The molecule has 0 spiro atoms. The highest BCUT2D eigenvalue weighted by atomic mass is 127. The highest BCUT2D eigenvalue weighted by Gasteiger charge is 2.06. The Bertz CT molecular complexity index is 566. The Balaban J connectivity index is 2.18. The monoisotopic (exact) mass is 381 g/mol. The van der Waals surface area contributed by atoms with Crippen LogP contribution in [0.15, 0.2) is 42.5 Å². The zero-order valence-corrected chi connectivity index (χ0v) is 14.1. The van der Waals surface area contributed by atoms with Gasteiger partial charge in [-0.05, 0) is 83.8 Å². The van der Waals surface area contributed by atoms with Crippen molar-refractivity contribution < 1.29 is 4.74 Å². The van der Waals surface area contributed by atoms with Crippen LogP contribution in [0.4, 0.5) is 0 Å². The van der Waals surface area contributed by atoms with Gasteiger partial charge in [0.1, 0.15) is 11.5 Å². The lowest BCUT2D eigenvalue weighted by atomic mass is 10.0. The maximum Gasteiger partial charge on any atom is 0.130 e. The second kappa shape index (κ2) is 7.09. The lowest BCUT2D eigenvalue weighted by Crippen LogP contribution is -2.21. The van der Waals surface area contributed by atoms with Gasteiger partial charge in [0.2, 0.25) is 0 Å². The average Bonchev–Trinajstić information content (AvgIpc) is 2.45. The van der Waals surface area contributed by atoms with Crippen LogP contribution in [0, 0.1) is 10.5 Å². The van der Waals surface area contributed by atoms with Crippen LogP contribution in [0.3, 0.4) is 0 Å². The molecule has 1 atom stereocenters. The van der Waals surface area contributed by atoms with Crippen LogP contribution in [0.25, 0.3) is 0 Å². The Morgan fingerprint density at radius 3 is 2.50 bits per heavy atom. The summed E-state index contributed by atoms with van der Waals surface area (Å²) in [6, 6.07) is 14.6. The first kappa shape index (κ1) is 15.3. The van der Waals surface area contributed by atoms with Crippen molar-refractivity contribution in [3.05, 3.63) is 57.2 Å². The Hall–Kier alpha value is -1.07. The van der Waals surface area contributed by atoms with E-state index in [1.165, 1.54) is 9.13 Å². The summed E-state index contributed by atoms with van der Waals surface area (Å²) in [6.45, 7) is 4.17. The van der Waals surface area contributed by atoms with E-state index in [2.05, 4.69) is 54.6 Å². The van der Waals surface area contributed by atoms with Gasteiger partial charge in [-0.3, -0.25) is 0 Å². The van der Waals surface area contributed by atoms with Gasteiger partial charge in [-0.15, -0.1) is 0 Å². The number of rotatable bonds is 5. The molecule has 1 unspecified atom stereocenters. The molecule has 0 aliphatic rings. The molecule has 0 amide bonds. The van der Waals surface area contributed by atoms with Gasteiger partial charge < -0.3 is 10.5 Å². The van der Waals surface area contributed by atoms with E-state index in [9.17, 15) is 0 Å². The fourth-order valence-electron chi connectivity index (χ4n) is 1.96. The molecule has 2 aromatic rings. The normalized spacial score (nSPS) is 12.2. The minimum atomic E-state index is 0.212. The van der Waals surface area contributed by atoms with Gasteiger partial charge in [0.25, 0.3) is 0 Å². The molecule has 0 saturated carbocycles. The first-order valence-electron chi connectivity index (χ1n) is 6.87.